The summed E-state index contributed by atoms with van der Waals surface area (Å²) >= 11 is 0. The van der Waals surface area contributed by atoms with E-state index in [0.717, 1.165) is 32.1 Å². The Morgan fingerprint density at radius 2 is 1.83 bits per heavy atom. The Balaban J connectivity index is 1.65. The normalized spacial score (nSPS) is 21.7. The molecule has 1 aliphatic rings. The molecule has 9 heteroatoms. The quantitative estimate of drug-likeness (QED) is 0.290. The van der Waals surface area contributed by atoms with Crippen LogP contribution in [0.15, 0.2) is 18.2 Å². The first-order valence-electron chi connectivity index (χ1n) is 10.6. The van der Waals surface area contributed by atoms with Crippen LogP contribution < -0.4 is 16.4 Å². The van der Waals surface area contributed by atoms with Crippen molar-refractivity contribution in [3.05, 3.63) is 18.2 Å². The molecule has 0 spiro atoms. The van der Waals surface area contributed by atoms with Crippen molar-refractivity contribution in [2.75, 3.05) is 11.9 Å². The molecule has 1 amide bonds. The number of nitrogens with one attached hydrogen (secondary N) is 2. The summed E-state index contributed by atoms with van der Waals surface area (Å²) in [5, 5.41) is 48.4. The summed E-state index contributed by atoms with van der Waals surface area (Å²) in [6.45, 7) is 0.708. The van der Waals surface area contributed by atoms with Gasteiger partial charge in [0.05, 0.1) is 11.4 Å². The van der Waals surface area contributed by atoms with Crippen molar-refractivity contribution < 1.29 is 25.2 Å². The van der Waals surface area contributed by atoms with E-state index < -0.39 is 18.5 Å². The predicted octanol–water partition coefficient (Wildman–Crippen LogP) is 1.85. The fourth-order valence-corrected chi connectivity index (χ4v) is 4.12. The Hall–Kier alpha value is -2.49. The van der Waals surface area contributed by atoms with Gasteiger partial charge in [0.2, 0.25) is 17.7 Å². The highest BCUT2D eigenvalue weighted by molar-refractivity contribution is 6.02. The molecule has 0 radical (unpaired) electrons. The lowest BCUT2D eigenvalue weighted by molar-refractivity contribution is -0.118. The minimum Gasteiger partial charge on any atom is -0.494 e. The van der Waals surface area contributed by atoms with E-state index in [2.05, 4.69) is 10.6 Å². The molecule has 2 heterocycles. The smallest absolute Gasteiger partial charge is 0.217 e. The Labute approximate surface area is 175 Å². The maximum absolute atomic E-state index is 10.9. The van der Waals surface area contributed by atoms with Crippen molar-refractivity contribution in [1.29, 1.82) is 0 Å². The summed E-state index contributed by atoms with van der Waals surface area (Å²) in [5.74, 6) is -0.477. The number of carbonyl (C=O) groups is 1. The summed E-state index contributed by atoms with van der Waals surface area (Å²) < 4.78 is 1.33. The first kappa shape index (κ1) is 22.2. The average Bonchev–Trinajstić information content (AvgIpc) is 2.95. The number of aromatic nitrogens is 1. The van der Waals surface area contributed by atoms with E-state index >= 15 is 0 Å². The molecule has 2 aromatic rings. The number of aliphatic hydroxyl groups is 2. The van der Waals surface area contributed by atoms with Gasteiger partial charge in [0, 0.05) is 24.0 Å². The molecule has 9 nitrogen and oxygen atoms in total. The molecular formula is C21H32N4O5. The number of amides is 1. The third-order valence-electron chi connectivity index (χ3n) is 5.70. The van der Waals surface area contributed by atoms with Crippen LogP contribution in [0.1, 0.15) is 57.4 Å². The zero-order valence-corrected chi connectivity index (χ0v) is 17.0. The lowest BCUT2D eigenvalue weighted by atomic mass is 10.0. The fraction of sp³-hybridized carbons (Fsp3) is 0.571. The van der Waals surface area contributed by atoms with Gasteiger partial charge in [-0.1, -0.05) is 25.3 Å². The van der Waals surface area contributed by atoms with Gasteiger partial charge in [-0.15, -0.1) is 0 Å². The van der Waals surface area contributed by atoms with Crippen molar-refractivity contribution in [3.63, 3.8) is 0 Å². The van der Waals surface area contributed by atoms with Gasteiger partial charge in [0.15, 0.2) is 0 Å². The van der Waals surface area contributed by atoms with Crippen LogP contribution in [0.3, 0.4) is 0 Å². The van der Waals surface area contributed by atoms with Crippen LogP contribution in [0.5, 0.6) is 11.8 Å². The van der Waals surface area contributed by atoms with Crippen LogP contribution in [0.2, 0.25) is 0 Å². The van der Waals surface area contributed by atoms with Crippen LogP contribution >= 0.6 is 0 Å². The second-order valence-corrected chi connectivity index (χ2v) is 7.93. The van der Waals surface area contributed by atoms with Crippen molar-refractivity contribution >= 4 is 22.4 Å². The third-order valence-corrected chi connectivity index (χ3v) is 5.70. The third kappa shape index (κ3) is 4.97. The monoisotopic (exact) mass is 420 g/mol. The highest BCUT2D eigenvalue weighted by atomic mass is 16.3. The molecule has 3 atom stereocenters. The highest BCUT2D eigenvalue weighted by Gasteiger charge is 2.33. The number of anilines is 1. The number of primary amides is 1. The lowest BCUT2D eigenvalue weighted by Gasteiger charge is -2.33. The van der Waals surface area contributed by atoms with Crippen LogP contribution in [0.25, 0.3) is 10.8 Å². The summed E-state index contributed by atoms with van der Waals surface area (Å²) in [5.41, 5.74) is 5.85. The molecule has 3 rings (SSSR count). The number of carbonyl (C=O) groups excluding carboxylic acids is 1. The Morgan fingerprint density at radius 3 is 2.57 bits per heavy atom. The number of fused-ring (bicyclic) bond motifs is 1. The summed E-state index contributed by atoms with van der Waals surface area (Å²) in [6, 6.07) is 4.78. The second-order valence-electron chi connectivity index (χ2n) is 7.93. The Morgan fingerprint density at radius 1 is 1.10 bits per heavy atom. The standard InChI is InChI=1S/C21H32N4O5/c22-16(26)9-4-2-1-3-5-12-23-14-8-6-7-13-18(14)21(30)25(20(13)29)15-10-11-17(27)24-19(15)28/h6-8,15,17,19,23-24,27-30H,1-5,9-12H2,(H2,22,26). The molecule has 1 aliphatic heterocycles. The summed E-state index contributed by atoms with van der Waals surface area (Å²) in [7, 11) is 0. The minimum atomic E-state index is -1.08. The SMILES string of the molecule is NC(=O)CCCCCCCNc1cccc2c(O)n(C3CCC(O)NC3O)c(O)c12. The zero-order chi connectivity index (χ0) is 21.7. The molecule has 3 unspecified atom stereocenters. The molecule has 1 aromatic carbocycles. The first-order valence-corrected chi connectivity index (χ1v) is 10.6. The number of nitrogens with zero attached hydrogens (tertiary/aromatic N) is 1. The van der Waals surface area contributed by atoms with E-state index in [9.17, 15) is 25.2 Å². The summed E-state index contributed by atoms with van der Waals surface area (Å²) in [6.07, 6.45) is 4.13. The van der Waals surface area contributed by atoms with Gasteiger partial charge in [0.1, 0.15) is 12.5 Å². The van der Waals surface area contributed by atoms with Gasteiger partial charge in [-0.25, -0.2) is 0 Å². The fourth-order valence-electron chi connectivity index (χ4n) is 4.12. The maximum Gasteiger partial charge on any atom is 0.217 e. The van der Waals surface area contributed by atoms with Gasteiger partial charge in [-0.05, 0) is 37.8 Å². The number of nitrogens with two attached hydrogens (primary N) is 1. The van der Waals surface area contributed by atoms with E-state index in [0.29, 0.717) is 42.3 Å². The number of rotatable bonds is 10. The Kier molecular flexibility index (Phi) is 7.41. The van der Waals surface area contributed by atoms with E-state index in [4.69, 9.17) is 5.73 Å². The van der Waals surface area contributed by atoms with Crippen molar-refractivity contribution in [1.82, 2.24) is 9.88 Å². The molecule has 1 fully saturated rings. The van der Waals surface area contributed by atoms with Gasteiger partial charge in [-0.3, -0.25) is 14.7 Å². The van der Waals surface area contributed by atoms with Crippen LogP contribution in [0, 0.1) is 0 Å². The number of benzene rings is 1. The Bertz CT molecular complexity index is 869. The number of piperidine rings is 1. The van der Waals surface area contributed by atoms with Crippen molar-refractivity contribution in [2.45, 2.75) is 69.9 Å². The van der Waals surface area contributed by atoms with Gasteiger partial charge in [-0.2, -0.15) is 0 Å². The van der Waals surface area contributed by atoms with Gasteiger partial charge in [0.25, 0.3) is 0 Å². The zero-order valence-electron chi connectivity index (χ0n) is 17.0. The molecule has 0 aliphatic carbocycles. The summed E-state index contributed by atoms with van der Waals surface area (Å²) in [4.78, 5) is 10.7. The predicted molar refractivity (Wildman–Crippen MR) is 114 cm³/mol. The van der Waals surface area contributed by atoms with E-state index in [-0.39, 0.29) is 17.7 Å². The molecule has 166 valence electrons. The maximum atomic E-state index is 10.9. The number of hydrogen-bond donors (Lipinski definition) is 7. The van der Waals surface area contributed by atoms with Gasteiger partial charge < -0.3 is 31.5 Å². The number of aromatic hydroxyl groups is 2. The van der Waals surface area contributed by atoms with E-state index in [1.54, 1.807) is 12.1 Å². The first-order chi connectivity index (χ1) is 14.4. The molecule has 30 heavy (non-hydrogen) atoms. The molecule has 0 saturated carbocycles. The van der Waals surface area contributed by atoms with Crippen molar-refractivity contribution in [3.8, 4) is 11.8 Å². The lowest BCUT2D eigenvalue weighted by Crippen LogP contribution is -2.47. The topological polar surface area (TPSA) is 153 Å². The molecule has 1 saturated heterocycles. The van der Waals surface area contributed by atoms with Crippen LogP contribution in [-0.2, 0) is 4.79 Å². The molecule has 1 aromatic heterocycles. The minimum absolute atomic E-state index is 0.108. The van der Waals surface area contributed by atoms with E-state index in [1.165, 1.54) is 4.57 Å². The number of aliphatic hydroxyl groups excluding tert-OH is 2. The second kappa shape index (κ2) is 10.0. The largest absolute Gasteiger partial charge is 0.494 e. The van der Waals surface area contributed by atoms with E-state index in [1.807, 2.05) is 6.07 Å². The molecular weight excluding hydrogens is 388 g/mol. The van der Waals surface area contributed by atoms with Crippen LogP contribution in [-0.4, -0.2) is 49.9 Å². The van der Waals surface area contributed by atoms with Crippen LogP contribution in [0.4, 0.5) is 5.69 Å². The average molecular weight is 421 g/mol. The molecule has 8 N–H and O–H groups in total. The number of hydrogen-bond acceptors (Lipinski definition) is 7. The highest BCUT2D eigenvalue weighted by Crippen LogP contribution is 2.44. The molecule has 0 bridgehead atoms. The van der Waals surface area contributed by atoms with Gasteiger partial charge >= 0.3 is 0 Å². The van der Waals surface area contributed by atoms with Crippen molar-refractivity contribution in [2.24, 2.45) is 5.73 Å². The number of unbranched alkanes of at least 4 members (excludes halogenated alkanes) is 4.